The zero-order chi connectivity index (χ0) is 18.2. The van der Waals surface area contributed by atoms with Crippen LogP contribution in [0, 0.1) is 5.92 Å². The van der Waals surface area contributed by atoms with Crippen LogP contribution in [-0.4, -0.2) is 35.4 Å². The summed E-state index contributed by atoms with van der Waals surface area (Å²) >= 11 is 0. The van der Waals surface area contributed by atoms with Crippen molar-refractivity contribution in [3.8, 4) is 5.75 Å². The molecule has 0 aliphatic carbocycles. The Labute approximate surface area is 174 Å². The van der Waals surface area contributed by atoms with Gasteiger partial charge in [-0.15, -0.1) is 24.8 Å². The van der Waals surface area contributed by atoms with Gasteiger partial charge in [0, 0.05) is 43.2 Å². The molecule has 1 heterocycles. The van der Waals surface area contributed by atoms with Crippen LogP contribution in [0.15, 0.2) is 48.8 Å². The molecule has 1 aromatic carbocycles. The summed E-state index contributed by atoms with van der Waals surface area (Å²) in [5, 5.41) is 0. The monoisotopic (exact) mass is 413 g/mol. The fourth-order valence-corrected chi connectivity index (χ4v) is 2.37. The number of benzene rings is 1. The summed E-state index contributed by atoms with van der Waals surface area (Å²) in [4.78, 5) is 18.3. The van der Waals surface area contributed by atoms with E-state index in [-0.39, 0.29) is 36.8 Å². The first-order valence-electron chi connectivity index (χ1n) is 8.60. The van der Waals surface area contributed by atoms with Gasteiger partial charge >= 0.3 is 0 Å². The minimum atomic E-state index is -0.0252. The molecule has 2 aromatic rings. The van der Waals surface area contributed by atoms with Crippen molar-refractivity contribution in [1.29, 1.82) is 0 Å². The molecule has 150 valence electrons. The van der Waals surface area contributed by atoms with Crippen molar-refractivity contribution >= 4 is 30.7 Å². The van der Waals surface area contributed by atoms with Crippen LogP contribution in [0.25, 0.3) is 0 Å². The Hall–Kier alpha value is -1.82. The van der Waals surface area contributed by atoms with Crippen LogP contribution in [0.4, 0.5) is 0 Å². The van der Waals surface area contributed by atoms with Crippen molar-refractivity contribution in [2.24, 2.45) is 11.7 Å². The standard InChI is InChI=1S/C20H27N3O2.2ClH/c1-15(2)19(21)9-11-23(3)20(24)17-7-4-8-18(12-17)25-14-16-6-5-10-22-13-16;;/h4-8,10,12-13,15,19H,9,11,14,21H2,1-3H3;2*1H. The molecule has 1 aromatic heterocycles. The topological polar surface area (TPSA) is 68.5 Å². The molecule has 7 heteroatoms. The predicted molar refractivity (Wildman–Crippen MR) is 114 cm³/mol. The van der Waals surface area contributed by atoms with Gasteiger partial charge in [0.15, 0.2) is 0 Å². The van der Waals surface area contributed by atoms with Gasteiger partial charge in [-0.2, -0.15) is 0 Å². The number of amides is 1. The lowest BCUT2D eigenvalue weighted by Gasteiger charge is -2.21. The first kappa shape index (κ1) is 25.2. The van der Waals surface area contributed by atoms with Crippen LogP contribution in [0.5, 0.6) is 5.75 Å². The number of halogens is 2. The number of pyridine rings is 1. The van der Waals surface area contributed by atoms with E-state index in [0.29, 0.717) is 30.4 Å². The molecule has 5 nitrogen and oxygen atoms in total. The van der Waals surface area contributed by atoms with Gasteiger partial charge in [0.05, 0.1) is 0 Å². The third-order valence-electron chi connectivity index (χ3n) is 4.21. The number of hydrogen-bond acceptors (Lipinski definition) is 4. The summed E-state index contributed by atoms with van der Waals surface area (Å²) in [6.07, 6.45) is 4.28. The summed E-state index contributed by atoms with van der Waals surface area (Å²) in [5.41, 5.74) is 7.66. The molecule has 0 bridgehead atoms. The molecule has 0 saturated carbocycles. The SMILES string of the molecule is CC(C)C(N)CCN(C)C(=O)c1cccc(OCc2cccnc2)c1.Cl.Cl. The second-order valence-corrected chi connectivity index (χ2v) is 6.60. The average molecular weight is 414 g/mol. The molecule has 1 amide bonds. The predicted octanol–water partition coefficient (Wildman–Crippen LogP) is 3.95. The maximum atomic E-state index is 12.6. The van der Waals surface area contributed by atoms with E-state index in [2.05, 4.69) is 18.8 Å². The van der Waals surface area contributed by atoms with Crippen molar-refractivity contribution in [3.05, 3.63) is 59.9 Å². The van der Waals surface area contributed by atoms with E-state index in [0.717, 1.165) is 12.0 Å². The highest BCUT2D eigenvalue weighted by molar-refractivity contribution is 5.94. The zero-order valence-electron chi connectivity index (χ0n) is 16.0. The van der Waals surface area contributed by atoms with Crippen LogP contribution < -0.4 is 10.5 Å². The molecule has 0 saturated heterocycles. The lowest BCUT2D eigenvalue weighted by Crippen LogP contribution is -2.34. The lowest BCUT2D eigenvalue weighted by molar-refractivity contribution is 0.0788. The Balaban J connectivity index is 0.00000338. The maximum Gasteiger partial charge on any atom is 0.253 e. The second-order valence-electron chi connectivity index (χ2n) is 6.60. The molecule has 0 fully saturated rings. The van der Waals surface area contributed by atoms with Gasteiger partial charge < -0.3 is 15.4 Å². The third-order valence-corrected chi connectivity index (χ3v) is 4.21. The highest BCUT2D eigenvalue weighted by Crippen LogP contribution is 2.16. The Kier molecular flexibility index (Phi) is 11.7. The highest BCUT2D eigenvalue weighted by atomic mass is 35.5. The minimum absolute atomic E-state index is 0. The van der Waals surface area contributed by atoms with Gasteiger partial charge in [-0.25, -0.2) is 0 Å². The van der Waals surface area contributed by atoms with Crippen molar-refractivity contribution in [2.45, 2.75) is 32.9 Å². The first-order chi connectivity index (χ1) is 12.0. The molecule has 1 unspecified atom stereocenters. The van der Waals surface area contributed by atoms with Crippen LogP contribution in [-0.2, 0) is 6.61 Å². The number of hydrogen-bond donors (Lipinski definition) is 1. The van der Waals surface area contributed by atoms with Gasteiger partial charge in [-0.05, 0) is 36.6 Å². The number of nitrogens with two attached hydrogens (primary N) is 1. The Morgan fingerprint density at radius 3 is 2.59 bits per heavy atom. The van der Waals surface area contributed by atoms with E-state index in [9.17, 15) is 4.79 Å². The molecule has 0 aliphatic heterocycles. The van der Waals surface area contributed by atoms with Crippen molar-refractivity contribution in [2.75, 3.05) is 13.6 Å². The minimum Gasteiger partial charge on any atom is -0.489 e. The molecule has 0 radical (unpaired) electrons. The van der Waals surface area contributed by atoms with Crippen LogP contribution in [0.1, 0.15) is 36.2 Å². The summed E-state index contributed by atoms with van der Waals surface area (Å²) in [6, 6.07) is 11.2. The van der Waals surface area contributed by atoms with Crippen LogP contribution in [0.2, 0.25) is 0 Å². The number of ether oxygens (including phenoxy) is 1. The molecule has 0 aliphatic rings. The van der Waals surface area contributed by atoms with E-state index < -0.39 is 0 Å². The first-order valence-corrected chi connectivity index (χ1v) is 8.60. The van der Waals surface area contributed by atoms with Crippen molar-refractivity contribution < 1.29 is 9.53 Å². The summed E-state index contributed by atoms with van der Waals surface area (Å²) in [6.45, 7) is 5.24. The van der Waals surface area contributed by atoms with E-state index in [1.165, 1.54) is 0 Å². The summed E-state index contributed by atoms with van der Waals surface area (Å²) < 4.78 is 5.76. The van der Waals surface area contributed by atoms with Crippen molar-refractivity contribution in [3.63, 3.8) is 0 Å². The Morgan fingerprint density at radius 1 is 1.22 bits per heavy atom. The lowest BCUT2D eigenvalue weighted by atomic mass is 10.0. The quantitative estimate of drug-likeness (QED) is 0.710. The fourth-order valence-electron chi connectivity index (χ4n) is 2.37. The van der Waals surface area contributed by atoms with E-state index >= 15 is 0 Å². The van der Waals surface area contributed by atoms with Gasteiger partial charge in [0.25, 0.3) is 5.91 Å². The molecule has 27 heavy (non-hydrogen) atoms. The molecular formula is C20H29Cl2N3O2. The van der Waals surface area contributed by atoms with E-state index in [1.807, 2.05) is 24.3 Å². The van der Waals surface area contributed by atoms with Crippen LogP contribution in [0.3, 0.4) is 0 Å². The van der Waals surface area contributed by atoms with Gasteiger partial charge in [-0.3, -0.25) is 9.78 Å². The smallest absolute Gasteiger partial charge is 0.253 e. The highest BCUT2D eigenvalue weighted by Gasteiger charge is 2.15. The average Bonchev–Trinajstić information content (AvgIpc) is 2.64. The fraction of sp³-hybridized carbons (Fsp3) is 0.400. The molecule has 2 rings (SSSR count). The summed E-state index contributed by atoms with van der Waals surface area (Å²) in [5.74, 6) is 1.05. The number of aromatic nitrogens is 1. The van der Waals surface area contributed by atoms with Gasteiger partial charge in [0.2, 0.25) is 0 Å². The molecular weight excluding hydrogens is 385 g/mol. The zero-order valence-corrected chi connectivity index (χ0v) is 17.6. The third kappa shape index (κ3) is 8.16. The Morgan fingerprint density at radius 2 is 1.96 bits per heavy atom. The van der Waals surface area contributed by atoms with Gasteiger partial charge in [-0.1, -0.05) is 26.0 Å². The number of rotatable bonds is 8. The van der Waals surface area contributed by atoms with E-state index in [1.54, 1.807) is 36.5 Å². The molecule has 1 atom stereocenters. The number of carbonyl (C=O) groups excluding carboxylic acids is 1. The van der Waals surface area contributed by atoms with Crippen LogP contribution >= 0.6 is 24.8 Å². The number of carbonyl (C=O) groups is 1. The van der Waals surface area contributed by atoms with Gasteiger partial charge in [0.1, 0.15) is 12.4 Å². The second kappa shape index (κ2) is 12.5. The summed E-state index contributed by atoms with van der Waals surface area (Å²) in [7, 11) is 1.80. The van der Waals surface area contributed by atoms with Crippen molar-refractivity contribution in [1.82, 2.24) is 9.88 Å². The Bertz CT molecular complexity index is 684. The molecule has 2 N–H and O–H groups in total. The maximum absolute atomic E-state index is 12.6. The van der Waals surface area contributed by atoms with E-state index in [4.69, 9.17) is 10.5 Å². The normalized spacial score (nSPS) is 11.1. The largest absolute Gasteiger partial charge is 0.489 e. The molecule has 0 spiro atoms. The number of nitrogens with zero attached hydrogens (tertiary/aromatic N) is 2.